The quantitative estimate of drug-likeness (QED) is 0.658. The van der Waals surface area contributed by atoms with E-state index in [-0.39, 0.29) is 22.8 Å². The lowest BCUT2D eigenvalue weighted by Crippen LogP contribution is -2.30. The lowest BCUT2D eigenvalue weighted by molar-refractivity contribution is 0.0735. The summed E-state index contributed by atoms with van der Waals surface area (Å²) < 4.78 is 13.0. The summed E-state index contributed by atoms with van der Waals surface area (Å²) >= 11 is 7.32. The van der Waals surface area contributed by atoms with Gasteiger partial charge >= 0.3 is 0 Å². The van der Waals surface area contributed by atoms with E-state index < -0.39 is 5.91 Å². The molecule has 148 valence electrons. The fraction of sp³-hybridized carbons (Fsp3) is 0.200. The molecule has 2 amide bonds. The van der Waals surface area contributed by atoms with Gasteiger partial charge in [-0.2, -0.15) is 0 Å². The monoisotopic (exact) mass is 430 g/mol. The molecule has 6 nitrogen and oxygen atoms in total. The molecule has 1 fully saturated rings. The zero-order chi connectivity index (χ0) is 20.4. The first-order chi connectivity index (χ1) is 14.0. The average molecular weight is 431 g/mol. The van der Waals surface area contributed by atoms with E-state index in [1.807, 2.05) is 0 Å². The Hall–Kier alpha value is -2.84. The summed E-state index contributed by atoms with van der Waals surface area (Å²) in [5.41, 5.74) is 0.907. The summed E-state index contributed by atoms with van der Waals surface area (Å²) in [5, 5.41) is 12.0. The number of rotatable bonds is 4. The van der Waals surface area contributed by atoms with Crippen LogP contribution in [-0.2, 0) is 0 Å². The van der Waals surface area contributed by atoms with Crippen molar-refractivity contribution in [3.05, 3.63) is 74.9 Å². The molecule has 0 bridgehead atoms. The standard InChI is InChI=1S/C20H16ClFN4O2S/c21-15-5-2-1-4-14(15)20(28)26-11-3-6-16(26)18-24-25-19(29-18)17(27)23-13-9-7-12(22)8-10-13/h1-2,4-5,7-10,16H,3,6,11H2,(H,23,27). The van der Waals surface area contributed by atoms with Gasteiger partial charge in [0.05, 0.1) is 16.6 Å². The first-order valence-electron chi connectivity index (χ1n) is 8.99. The smallest absolute Gasteiger partial charge is 0.286 e. The Morgan fingerprint density at radius 1 is 1.14 bits per heavy atom. The van der Waals surface area contributed by atoms with Crippen LogP contribution in [0.2, 0.25) is 5.02 Å². The Labute approximate surface area is 175 Å². The third-order valence-corrected chi connectivity index (χ3v) is 5.99. The van der Waals surface area contributed by atoms with E-state index in [4.69, 9.17) is 11.6 Å². The second-order valence-corrected chi connectivity index (χ2v) is 7.96. The highest BCUT2D eigenvalue weighted by Gasteiger charge is 2.34. The number of likely N-dealkylation sites (tertiary alicyclic amines) is 1. The third kappa shape index (κ3) is 4.13. The maximum Gasteiger partial charge on any atom is 0.286 e. The predicted molar refractivity (Wildman–Crippen MR) is 109 cm³/mol. The van der Waals surface area contributed by atoms with Crippen molar-refractivity contribution in [2.24, 2.45) is 0 Å². The van der Waals surface area contributed by atoms with Crippen molar-refractivity contribution in [2.45, 2.75) is 18.9 Å². The van der Waals surface area contributed by atoms with E-state index in [0.29, 0.717) is 27.8 Å². The van der Waals surface area contributed by atoms with Crippen LogP contribution < -0.4 is 5.32 Å². The van der Waals surface area contributed by atoms with Crippen molar-refractivity contribution in [2.75, 3.05) is 11.9 Å². The van der Waals surface area contributed by atoms with Gasteiger partial charge in [-0.15, -0.1) is 10.2 Å². The predicted octanol–water partition coefficient (Wildman–Crippen LogP) is 4.56. The molecule has 0 aliphatic carbocycles. The minimum absolute atomic E-state index is 0.161. The molecule has 1 unspecified atom stereocenters. The van der Waals surface area contributed by atoms with Gasteiger partial charge in [0.2, 0.25) is 5.01 Å². The third-order valence-electron chi connectivity index (χ3n) is 4.64. The molecular weight excluding hydrogens is 415 g/mol. The first-order valence-corrected chi connectivity index (χ1v) is 10.2. The molecule has 3 aromatic rings. The van der Waals surface area contributed by atoms with Crippen LogP contribution in [0.3, 0.4) is 0 Å². The van der Waals surface area contributed by atoms with Gasteiger partial charge in [0.15, 0.2) is 0 Å². The second-order valence-electron chi connectivity index (χ2n) is 6.54. The van der Waals surface area contributed by atoms with Crippen molar-refractivity contribution in [1.29, 1.82) is 0 Å². The van der Waals surface area contributed by atoms with Gasteiger partial charge in [-0.3, -0.25) is 9.59 Å². The zero-order valence-corrected chi connectivity index (χ0v) is 16.7. The topological polar surface area (TPSA) is 75.2 Å². The lowest BCUT2D eigenvalue weighted by Gasteiger charge is -2.23. The van der Waals surface area contributed by atoms with E-state index in [9.17, 15) is 14.0 Å². The molecule has 1 atom stereocenters. The van der Waals surface area contributed by atoms with Gasteiger partial charge in [-0.25, -0.2) is 4.39 Å². The molecule has 1 saturated heterocycles. The van der Waals surface area contributed by atoms with Crippen LogP contribution in [0.25, 0.3) is 0 Å². The van der Waals surface area contributed by atoms with Crippen molar-refractivity contribution >= 4 is 40.4 Å². The minimum Gasteiger partial charge on any atom is -0.329 e. The number of amides is 2. The van der Waals surface area contributed by atoms with E-state index >= 15 is 0 Å². The van der Waals surface area contributed by atoms with Crippen molar-refractivity contribution in [1.82, 2.24) is 15.1 Å². The van der Waals surface area contributed by atoms with Crippen molar-refractivity contribution < 1.29 is 14.0 Å². The summed E-state index contributed by atoms with van der Waals surface area (Å²) in [6.07, 6.45) is 1.57. The largest absolute Gasteiger partial charge is 0.329 e. The average Bonchev–Trinajstić information content (AvgIpc) is 3.39. The number of hydrogen-bond donors (Lipinski definition) is 1. The number of nitrogens with one attached hydrogen (secondary N) is 1. The molecular formula is C20H16ClFN4O2S. The molecule has 1 aliphatic heterocycles. The zero-order valence-electron chi connectivity index (χ0n) is 15.1. The van der Waals surface area contributed by atoms with Gasteiger partial charge in [0, 0.05) is 12.2 Å². The van der Waals surface area contributed by atoms with Gasteiger partial charge in [0.25, 0.3) is 11.8 Å². The van der Waals surface area contributed by atoms with Crippen LogP contribution in [0.4, 0.5) is 10.1 Å². The van der Waals surface area contributed by atoms with Crippen LogP contribution in [0.1, 0.15) is 44.1 Å². The van der Waals surface area contributed by atoms with E-state index in [0.717, 1.165) is 24.2 Å². The number of aromatic nitrogens is 2. The summed E-state index contributed by atoms with van der Waals surface area (Å²) in [6.45, 7) is 0.589. The molecule has 0 radical (unpaired) electrons. The summed E-state index contributed by atoms with van der Waals surface area (Å²) in [4.78, 5) is 27.1. The van der Waals surface area contributed by atoms with Crippen molar-refractivity contribution in [3.63, 3.8) is 0 Å². The first kappa shape index (κ1) is 19.5. The molecule has 0 saturated carbocycles. The molecule has 2 aromatic carbocycles. The maximum absolute atomic E-state index is 13.0. The van der Waals surface area contributed by atoms with E-state index in [1.165, 1.54) is 24.3 Å². The number of carbonyl (C=O) groups excluding carboxylic acids is 2. The Morgan fingerprint density at radius 3 is 2.66 bits per heavy atom. The van der Waals surface area contributed by atoms with Crippen molar-refractivity contribution in [3.8, 4) is 0 Å². The Balaban J connectivity index is 1.50. The Morgan fingerprint density at radius 2 is 1.90 bits per heavy atom. The molecule has 0 spiro atoms. The number of anilines is 1. The number of halogens is 2. The van der Waals surface area contributed by atoms with Crippen LogP contribution >= 0.6 is 22.9 Å². The Kier molecular flexibility index (Phi) is 5.55. The molecule has 2 heterocycles. The SMILES string of the molecule is O=C(Nc1ccc(F)cc1)c1nnc(C2CCCN2C(=O)c2ccccc2Cl)s1. The maximum atomic E-state index is 13.0. The van der Waals surface area contributed by atoms with Crippen LogP contribution in [0.5, 0.6) is 0 Å². The highest BCUT2D eigenvalue weighted by atomic mass is 35.5. The number of hydrogen-bond acceptors (Lipinski definition) is 5. The highest BCUT2D eigenvalue weighted by molar-refractivity contribution is 7.13. The second kappa shape index (κ2) is 8.26. The highest BCUT2D eigenvalue weighted by Crippen LogP contribution is 2.35. The summed E-state index contributed by atoms with van der Waals surface area (Å²) in [7, 11) is 0. The molecule has 1 aromatic heterocycles. The van der Waals surface area contributed by atoms with Gasteiger partial charge in [-0.05, 0) is 49.2 Å². The summed E-state index contributed by atoms with van der Waals surface area (Å²) in [5.74, 6) is -0.973. The van der Waals surface area contributed by atoms with Gasteiger partial charge in [-0.1, -0.05) is 35.1 Å². The van der Waals surface area contributed by atoms with Gasteiger partial charge < -0.3 is 10.2 Å². The van der Waals surface area contributed by atoms with Crippen LogP contribution in [-0.4, -0.2) is 33.5 Å². The van der Waals surface area contributed by atoms with Gasteiger partial charge in [0.1, 0.15) is 10.8 Å². The number of benzene rings is 2. The molecule has 1 N–H and O–H groups in total. The van der Waals surface area contributed by atoms with E-state index in [1.54, 1.807) is 29.2 Å². The minimum atomic E-state index is -0.428. The molecule has 4 rings (SSSR count). The fourth-order valence-corrected chi connectivity index (χ4v) is 4.34. The number of carbonyl (C=O) groups is 2. The Bertz CT molecular complexity index is 1060. The lowest BCUT2D eigenvalue weighted by atomic mass is 10.1. The van der Waals surface area contributed by atoms with Crippen LogP contribution in [0, 0.1) is 5.82 Å². The fourth-order valence-electron chi connectivity index (χ4n) is 3.23. The van der Waals surface area contributed by atoms with Crippen LogP contribution in [0.15, 0.2) is 48.5 Å². The molecule has 9 heteroatoms. The normalized spacial score (nSPS) is 16.1. The number of nitrogens with zero attached hydrogens (tertiary/aromatic N) is 3. The van der Waals surface area contributed by atoms with E-state index in [2.05, 4.69) is 15.5 Å². The summed E-state index contributed by atoms with van der Waals surface area (Å²) in [6, 6.07) is 12.1. The molecule has 29 heavy (non-hydrogen) atoms. The molecule has 1 aliphatic rings.